The van der Waals surface area contributed by atoms with Gasteiger partial charge in [-0.1, -0.05) is 6.07 Å². The summed E-state index contributed by atoms with van der Waals surface area (Å²) in [5.74, 6) is -0.406. The normalized spacial score (nSPS) is 11.5. The molecule has 1 aromatic carbocycles. The number of anilines is 1. The fourth-order valence-corrected chi connectivity index (χ4v) is 3.58. The van der Waals surface area contributed by atoms with Crippen LogP contribution in [0.15, 0.2) is 46.5 Å². The van der Waals surface area contributed by atoms with E-state index in [1.807, 2.05) is 16.8 Å². The fourth-order valence-electron chi connectivity index (χ4n) is 2.05. The number of thiazole rings is 1. The Morgan fingerprint density at radius 1 is 1.21 bits per heavy atom. The fraction of sp³-hybridized carbons (Fsp3) is 0.125. The van der Waals surface area contributed by atoms with Crippen LogP contribution in [0.2, 0.25) is 0 Å². The molecule has 3 aromatic rings. The molecule has 0 bridgehead atoms. The molecule has 3 nitrogen and oxygen atoms in total. The Kier molecular flexibility index (Phi) is 4.68. The second-order valence-corrected chi connectivity index (χ2v) is 6.60. The van der Waals surface area contributed by atoms with Gasteiger partial charge in [0, 0.05) is 22.0 Å². The average Bonchev–Trinajstić information content (AvgIpc) is 3.17. The third kappa shape index (κ3) is 4.01. The molecule has 124 valence electrons. The molecular weight excluding hydrogens is 357 g/mol. The smallest absolute Gasteiger partial charge is 0.326 e. The number of hydrogen-bond donors (Lipinski definition) is 1. The van der Waals surface area contributed by atoms with Gasteiger partial charge in [0.25, 0.3) is 0 Å². The number of rotatable bonds is 4. The Bertz CT molecular complexity index is 841. The van der Waals surface area contributed by atoms with E-state index in [9.17, 15) is 18.0 Å². The summed E-state index contributed by atoms with van der Waals surface area (Å²) in [4.78, 5) is 16.4. The van der Waals surface area contributed by atoms with Crippen LogP contribution in [-0.2, 0) is 17.4 Å². The molecule has 0 fully saturated rings. The Hall–Kier alpha value is -2.19. The number of aromatic nitrogens is 1. The Labute approximate surface area is 143 Å². The lowest BCUT2D eigenvalue weighted by Crippen LogP contribution is -2.15. The van der Waals surface area contributed by atoms with Gasteiger partial charge in [-0.2, -0.15) is 24.5 Å². The van der Waals surface area contributed by atoms with Crippen molar-refractivity contribution in [1.29, 1.82) is 0 Å². The molecule has 0 aliphatic heterocycles. The molecule has 0 atom stereocenters. The molecule has 0 saturated heterocycles. The topological polar surface area (TPSA) is 42.0 Å². The number of hydrogen-bond acceptors (Lipinski definition) is 4. The van der Waals surface area contributed by atoms with Gasteiger partial charge in [-0.25, -0.2) is 4.98 Å². The minimum atomic E-state index is -4.44. The average molecular weight is 368 g/mol. The summed E-state index contributed by atoms with van der Waals surface area (Å²) in [5, 5.41) is 8.97. The van der Waals surface area contributed by atoms with E-state index >= 15 is 0 Å². The summed E-state index contributed by atoms with van der Waals surface area (Å²) in [5.41, 5.74) is 0.900. The quantitative estimate of drug-likeness (QED) is 0.698. The summed E-state index contributed by atoms with van der Waals surface area (Å²) in [7, 11) is 0. The van der Waals surface area contributed by atoms with E-state index < -0.39 is 17.6 Å². The van der Waals surface area contributed by atoms with E-state index in [0.717, 1.165) is 22.7 Å². The van der Waals surface area contributed by atoms with Crippen LogP contribution in [0.25, 0.3) is 10.6 Å². The number of carbonyl (C=O) groups excluding carboxylic acids is 1. The van der Waals surface area contributed by atoms with Crippen molar-refractivity contribution in [1.82, 2.24) is 4.98 Å². The van der Waals surface area contributed by atoms with Gasteiger partial charge < -0.3 is 5.32 Å². The third-order valence-corrected chi connectivity index (χ3v) is 4.76. The van der Waals surface area contributed by atoms with Gasteiger partial charge in [0.15, 0.2) is 0 Å². The van der Waals surface area contributed by atoms with Crippen LogP contribution in [0.4, 0.5) is 18.9 Å². The highest BCUT2D eigenvalue weighted by atomic mass is 32.1. The SMILES string of the molecule is O=C(Cc1csc(-c2ccsc2)n1)Nc1cccc(C(F)(F)F)c1. The van der Waals surface area contributed by atoms with Crippen molar-refractivity contribution in [2.24, 2.45) is 0 Å². The number of nitrogens with zero attached hydrogens (tertiary/aromatic N) is 1. The highest BCUT2D eigenvalue weighted by Crippen LogP contribution is 2.30. The second kappa shape index (κ2) is 6.74. The van der Waals surface area contributed by atoms with Crippen molar-refractivity contribution in [3.05, 3.63) is 57.7 Å². The first-order valence-electron chi connectivity index (χ1n) is 6.86. The second-order valence-electron chi connectivity index (χ2n) is 4.96. The first-order chi connectivity index (χ1) is 11.4. The zero-order chi connectivity index (χ0) is 17.2. The van der Waals surface area contributed by atoms with E-state index in [1.165, 1.54) is 23.5 Å². The molecule has 2 aromatic heterocycles. The van der Waals surface area contributed by atoms with Crippen LogP contribution < -0.4 is 5.32 Å². The van der Waals surface area contributed by atoms with Crippen molar-refractivity contribution in [3.8, 4) is 10.6 Å². The van der Waals surface area contributed by atoms with E-state index in [2.05, 4.69) is 10.3 Å². The molecule has 0 aliphatic rings. The molecule has 0 spiro atoms. The van der Waals surface area contributed by atoms with Crippen molar-refractivity contribution in [2.75, 3.05) is 5.32 Å². The molecule has 2 heterocycles. The first kappa shape index (κ1) is 16.7. The molecule has 1 amide bonds. The number of benzene rings is 1. The van der Waals surface area contributed by atoms with Gasteiger partial charge in [0.2, 0.25) is 5.91 Å². The van der Waals surface area contributed by atoms with Gasteiger partial charge in [0.05, 0.1) is 17.7 Å². The number of nitrogens with one attached hydrogen (secondary N) is 1. The van der Waals surface area contributed by atoms with Crippen LogP contribution >= 0.6 is 22.7 Å². The highest BCUT2D eigenvalue weighted by molar-refractivity contribution is 7.14. The van der Waals surface area contributed by atoms with Crippen molar-refractivity contribution >= 4 is 34.3 Å². The number of halogens is 3. The zero-order valence-corrected chi connectivity index (χ0v) is 13.8. The van der Waals surface area contributed by atoms with Crippen molar-refractivity contribution in [2.45, 2.75) is 12.6 Å². The Morgan fingerprint density at radius 2 is 2.04 bits per heavy atom. The van der Waals surface area contributed by atoms with E-state index in [0.29, 0.717) is 5.69 Å². The number of alkyl halides is 3. The lowest BCUT2D eigenvalue weighted by molar-refractivity contribution is -0.137. The molecule has 0 radical (unpaired) electrons. The summed E-state index contributed by atoms with van der Waals surface area (Å²) in [6, 6.07) is 6.50. The number of amides is 1. The standard InChI is InChI=1S/C16H11F3N2OS2/c17-16(18,19)11-2-1-3-12(6-11)20-14(22)7-13-9-24-15(21-13)10-4-5-23-8-10/h1-6,8-9H,7H2,(H,20,22). The van der Waals surface area contributed by atoms with Crippen LogP contribution in [0, 0.1) is 0 Å². The van der Waals surface area contributed by atoms with Gasteiger partial charge in [-0.05, 0) is 29.6 Å². The van der Waals surface area contributed by atoms with Crippen LogP contribution in [-0.4, -0.2) is 10.9 Å². The van der Waals surface area contributed by atoms with E-state index in [1.54, 1.807) is 16.7 Å². The van der Waals surface area contributed by atoms with Gasteiger partial charge >= 0.3 is 6.18 Å². The molecule has 0 saturated carbocycles. The molecule has 3 rings (SSSR count). The number of carbonyl (C=O) groups is 1. The van der Waals surface area contributed by atoms with Crippen molar-refractivity contribution < 1.29 is 18.0 Å². The molecule has 8 heteroatoms. The summed E-state index contributed by atoms with van der Waals surface area (Å²) in [6.45, 7) is 0. The molecule has 0 unspecified atom stereocenters. The highest BCUT2D eigenvalue weighted by Gasteiger charge is 2.30. The lowest BCUT2D eigenvalue weighted by Gasteiger charge is -2.09. The van der Waals surface area contributed by atoms with Gasteiger partial charge in [-0.15, -0.1) is 11.3 Å². The summed E-state index contributed by atoms with van der Waals surface area (Å²) >= 11 is 2.99. The maximum Gasteiger partial charge on any atom is 0.416 e. The van der Waals surface area contributed by atoms with E-state index in [-0.39, 0.29) is 12.1 Å². The molecule has 24 heavy (non-hydrogen) atoms. The molecule has 1 N–H and O–H groups in total. The van der Waals surface area contributed by atoms with E-state index in [4.69, 9.17) is 0 Å². The number of thiophene rings is 1. The predicted octanol–water partition coefficient (Wildman–Crippen LogP) is 5.07. The maximum atomic E-state index is 12.7. The van der Waals surface area contributed by atoms with Gasteiger partial charge in [0.1, 0.15) is 5.01 Å². The zero-order valence-electron chi connectivity index (χ0n) is 12.1. The van der Waals surface area contributed by atoms with Crippen LogP contribution in [0.5, 0.6) is 0 Å². The largest absolute Gasteiger partial charge is 0.416 e. The Morgan fingerprint density at radius 3 is 2.75 bits per heavy atom. The predicted molar refractivity (Wildman–Crippen MR) is 89.2 cm³/mol. The lowest BCUT2D eigenvalue weighted by atomic mass is 10.2. The molecule has 0 aliphatic carbocycles. The van der Waals surface area contributed by atoms with Gasteiger partial charge in [-0.3, -0.25) is 4.79 Å². The monoisotopic (exact) mass is 368 g/mol. The minimum Gasteiger partial charge on any atom is -0.326 e. The third-order valence-electron chi connectivity index (χ3n) is 3.14. The van der Waals surface area contributed by atoms with Crippen LogP contribution in [0.3, 0.4) is 0 Å². The maximum absolute atomic E-state index is 12.7. The van der Waals surface area contributed by atoms with Crippen molar-refractivity contribution in [3.63, 3.8) is 0 Å². The Balaban J connectivity index is 1.66. The summed E-state index contributed by atoms with van der Waals surface area (Å²) in [6.07, 6.45) is -4.43. The summed E-state index contributed by atoms with van der Waals surface area (Å²) < 4.78 is 38.0. The van der Waals surface area contributed by atoms with Crippen LogP contribution in [0.1, 0.15) is 11.3 Å². The first-order valence-corrected chi connectivity index (χ1v) is 8.68. The minimum absolute atomic E-state index is 0.0108. The molecular formula is C16H11F3N2OS2.